The molecule has 0 unspecified atom stereocenters. The molecule has 0 N–H and O–H groups in total. The van der Waals surface area contributed by atoms with Gasteiger partial charge in [-0.15, -0.1) is 0 Å². The van der Waals surface area contributed by atoms with Gasteiger partial charge in [0.25, 0.3) is 0 Å². The number of allylic oxidation sites excluding steroid dienone is 2. The van der Waals surface area contributed by atoms with Crippen molar-refractivity contribution in [3.05, 3.63) is 11.6 Å². The fraction of sp³-hybridized carbons (Fsp3) is 0.714. The van der Waals surface area contributed by atoms with Crippen LogP contribution in [0, 0.1) is 11.8 Å². The maximum Gasteiger partial charge on any atom is 0.00921 e. The van der Waals surface area contributed by atoms with Crippen LogP contribution in [0.3, 0.4) is 0 Å². The Balaban J connectivity index is 3.82. The largest absolute Gasteiger partial charge is 0.0985 e. The zero-order valence-corrected chi connectivity index (χ0v) is 10.0. The van der Waals surface area contributed by atoms with Crippen LogP contribution >= 0.6 is 0 Å². The van der Waals surface area contributed by atoms with Crippen LogP contribution in [-0.2, 0) is 0 Å². The van der Waals surface area contributed by atoms with E-state index in [9.17, 15) is 0 Å². The SMILES string of the molecule is CCCCC#CC=C(CC)CCCC. The molecule has 0 amide bonds. The average Bonchev–Trinajstić information content (AvgIpc) is 2.22. The van der Waals surface area contributed by atoms with Crippen LogP contribution in [0.4, 0.5) is 0 Å². The molecule has 0 bridgehead atoms. The summed E-state index contributed by atoms with van der Waals surface area (Å²) in [5.41, 5.74) is 1.51. The van der Waals surface area contributed by atoms with Gasteiger partial charge >= 0.3 is 0 Å². The predicted octanol–water partition coefficient (Wildman–Crippen LogP) is 4.71. The van der Waals surface area contributed by atoms with Gasteiger partial charge in [-0.2, -0.15) is 0 Å². The van der Waals surface area contributed by atoms with Gasteiger partial charge in [-0.3, -0.25) is 0 Å². The summed E-state index contributed by atoms with van der Waals surface area (Å²) >= 11 is 0. The van der Waals surface area contributed by atoms with Gasteiger partial charge in [-0.05, 0) is 31.8 Å². The lowest BCUT2D eigenvalue weighted by molar-refractivity contribution is 0.767. The number of hydrogen-bond donors (Lipinski definition) is 0. The third-order valence-electron chi connectivity index (χ3n) is 2.34. The minimum Gasteiger partial charge on any atom is -0.0985 e. The Morgan fingerprint density at radius 3 is 2.36 bits per heavy atom. The van der Waals surface area contributed by atoms with Gasteiger partial charge in [0.15, 0.2) is 0 Å². The molecule has 0 aliphatic carbocycles. The molecule has 0 rings (SSSR count). The van der Waals surface area contributed by atoms with Crippen molar-refractivity contribution in [3.8, 4) is 11.8 Å². The minimum atomic E-state index is 1.05. The first kappa shape index (κ1) is 13.3. The highest BCUT2D eigenvalue weighted by Crippen LogP contribution is 2.10. The molecule has 0 heterocycles. The Labute approximate surface area is 89.8 Å². The second-order valence-corrected chi connectivity index (χ2v) is 3.68. The first-order chi connectivity index (χ1) is 6.85. The molecule has 80 valence electrons. The molecular formula is C14H24. The molecule has 0 nitrogen and oxygen atoms in total. The van der Waals surface area contributed by atoms with Gasteiger partial charge in [0.1, 0.15) is 0 Å². The Kier molecular flexibility index (Phi) is 9.86. The van der Waals surface area contributed by atoms with Gasteiger partial charge in [0.05, 0.1) is 0 Å². The van der Waals surface area contributed by atoms with Crippen LogP contribution < -0.4 is 0 Å². The van der Waals surface area contributed by atoms with Crippen molar-refractivity contribution < 1.29 is 0 Å². The Morgan fingerprint density at radius 2 is 1.79 bits per heavy atom. The zero-order chi connectivity index (χ0) is 10.6. The quantitative estimate of drug-likeness (QED) is 0.422. The highest BCUT2D eigenvalue weighted by Gasteiger charge is 1.91. The molecule has 0 atom stereocenters. The molecule has 0 aliphatic heterocycles. The van der Waals surface area contributed by atoms with E-state index in [0.29, 0.717) is 0 Å². The summed E-state index contributed by atoms with van der Waals surface area (Å²) in [4.78, 5) is 0. The van der Waals surface area contributed by atoms with Crippen molar-refractivity contribution in [1.82, 2.24) is 0 Å². The van der Waals surface area contributed by atoms with E-state index in [1.54, 1.807) is 0 Å². The Bertz CT molecular complexity index is 200. The summed E-state index contributed by atoms with van der Waals surface area (Å²) in [5.74, 6) is 6.37. The van der Waals surface area contributed by atoms with Gasteiger partial charge < -0.3 is 0 Å². The van der Waals surface area contributed by atoms with Crippen molar-refractivity contribution in [2.24, 2.45) is 0 Å². The summed E-state index contributed by atoms with van der Waals surface area (Å²) in [7, 11) is 0. The minimum absolute atomic E-state index is 1.05. The second-order valence-electron chi connectivity index (χ2n) is 3.68. The van der Waals surface area contributed by atoms with Crippen molar-refractivity contribution in [2.45, 2.75) is 65.7 Å². The van der Waals surface area contributed by atoms with Crippen molar-refractivity contribution in [2.75, 3.05) is 0 Å². The number of unbranched alkanes of at least 4 members (excludes halogenated alkanes) is 3. The summed E-state index contributed by atoms with van der Waals surface area (Å²) in [6, 6.07) is 0. The zero-order valence-electron chi connectivity index (χ0n) is 10.0. The van der Waals surface area contributed by atoms with E-state index in [2.05, 4.69) is 38.7 Å². The summed E-state index contributed by atoms with van der Waals surface area (Å²) in [6.45, 7) is 6.66. The van der Waals surface area contributed by atoms with E-state index in [4.69, 9.17) is 0 Å². The fourth-order valence-electron chi connectivity index (χ4n) is 1.25. The first-order valence-electron chi connectivity index (χ1n) is 6.01. The van der Waals surface area contributed by atoms with Crippen LogP contribution in [0.5, 0.6) is 0 Å². The first-order valence-corrected chi connectivity index (χ1v) is 6.01. The van der Waals surface area contributed by atoms with Gasteiger partial charge in [0, 0.05) is 6.42 Å². The van der Waals surface area contributed by atoms with Gasteiger partial charge in [0.2, 0.25) is 0 Å². The molecule has 0 radical (unpaired) electrons. The highest BCUT2D eigenvalue weighted by molar-refractivity contribution is 5.21. The van der Waals surface area contributed by atoms with Crippen LogP contribution in [0.2, 0.25) is 0 Å². The normalized spacial score (nSPS) is 10.9. The van der Waals surface area contributed by atoms with E-state index in [1.807, 2.05) is 0 Å². The molecule has 0 aromatic heterocycles. The molecule has 0 saturated heterocycles. The lowest BCUT2D eigenvalue weighted by Crippen LogP contribution is -1.80. The van der Waals surface area contributed by atoms with Crippen LogP contribution in [0.1, 0.15) is 65.7 Å². The van der Waals surface area contributed by atoms with E-state index < -0.39 is 0 Å². The molecule has 0 heteroatoms. The van der Waals surface area contributed by atoms with Crippen molar-refractivity contribution >= 4 is 0 Å². The molecular weight excluding hydrogens is 168 g/mol. The number of hydrogen-bond acceptors (Lipinski definition) is 0. The maximum atomic E-state index is 3.20. The summed E-state index contributed by atoms with van der Waals surface area (Å²) < 4.78 is 0. The molecule has 0 aromatic rings. The van der Waals surface area contributed by atoms with E-state index in [1.165, 1.54) is 37.7 Å². The molecule has 0 aliphatic rings. The van der Waals surface area contributed by atoms with Crippen LogP contribution in [0.25, 0.3) is 0 Å². The van der Waals surface area contributed by atoms with Crippen molar-refractivity contribution in [3.63, 3.8) is 0 Å². The monoisotopic (exact) mass is 192 g/mol. The molecule has 0 spiro atoms. The maximum absolute atomic E-state index is 3.20. The number of rotatable bonds is 6. The van der Waals surface area contributed by atoms with Crippen molar-refractivity contribution in [1.29, 1.82) is 0 Å². The topological polar surface area (TPSA) is 0 Å². The molecule has 0 fully saturated rings. The third-order valence-corrected chi connectivity index (χ3v) is 2.34. The van der Waals surface area contributed by atoms with Gasteiger partial charge in [-0.1, -0.05) is 51.0 Å². The van der Waals surface area contributed by atoms with Gasteiger partial charge in [-0.25, -0.2) is 0 Å². The average molecular weight is 192 g/mol. The fourth-order valence-corrected chi connectivity index (χ4v) is 1.25. The van der Waals surface area contributed by atoms with E-state index >= 15 is 0 Å². The summed E-state index contributed by atoms with van der Waals surface area (Å²) in [6.07, 6.45) is 10.6. The van der Waals surface area contributed by atoms with Crippen LogP contribution in [-0.4, -0.2) is 0 Å². The lowest BCUT2D eigenvalue weighted by atomic mass is 10.1. The predicted molar refractivity (Wildman–Crippen MR) is 65.2 cm³/mol. The third kappa shape index (κ3) is 7.92. The van der Waals surface area contributed by atoms with E-state index in [0.717, 1.165) is 12.8 Å². The lowest BCUT2D eigenvalue weighted by Gasteiger charge is -1.99. The second kappa shape index (κ2) is 10.4. The molecule has 14 heavy (non-hydrogen) atoms. The van der Waals surface area contributed by atoms with E-state index in [-0.39, 0.29) is 0 Å². The standard InChI is InChI=1S/C14H24/c1-4-7-9-10-11-13-14(6-3)12-8-5-2/h13H,4-9,12H2,1-3H3. The Morgan fingerprint density at radius 1 is 1.07 bits per heavy atom. The smallest absolute Gasteiger partial charge is 0.00921 e. The summed E-state index contributed by atoms with van der Waals surface area (Å²) in [5, 5.41) is 0. The molecule has 0 saturated carbocycles. The Hall–Kier alpha value is -0.700. The molecule has 0 aromatic carbocycles. The van der Waals surface area contributed by atoms with Crippen LogP contribution in [0.15, 0.2) is 11.6 Å². The highest BCUT2D eigenvalue weighted by atomic mass is 14.0.